The van der Waals surface area contributed by atoms with Gasteiger partial charge in [0, 0.05) is 62.0 Å². The number of hydrogen-bond donors (Lipinski definition) is 1. The molecule has 0 spiro atoms. The highest BCUT2D eigenvalue weighted by Crippen LogP contribution is 2.39. The molecule has 0 amide bonds. The van der Waals surface area contributed by atoms with E-state index in [9.17, 15) is 14.0 Å². The van der Waals surface area contributed by atoms with Crippen molar-refractivity contribution in [1.29, 1.82) is 0 Å². The minimum Gasteiger partial charge on any atom is -0.493 e. The first-order valence-corrected chi connectivity index (χ1v) is 16.7. The second kappa shape index (κ2) is 16.8. The molecule has 1 N–H and O–H groups in total. The van der Waals surface area contributed by atoms with Crippen molar-refractivity contribution in [2.75, 3.05) is 26.9 Å². The van der Waals surface area contributed by atoms with E-state index >= 15 is 0 Å². The van der Waals surface area contributed by atoms with Crippen LogP contribution < -0.4 is 20.3 Å². The van der Waals surface area contributed by atoms with Crippen molar-refractivity contribution in [3.05, 3.63) is 129 Å². The van der Waals surface area contributed by atoms with Gasteiger partial charge in [0.15, 0.2) is 5.78 Å². The highest BCUT2D eigenvalue weighted by molar-refractivity contribution is 7.22. The van der Waals surface area contributed by atoms with Crippen LogP contribution in [0, 0.1) is 5.82 Å². The number of fused-ring (bicyclic) bond motifs is 1. The number of nitrogens with one attached hydrogen (secondary N) is 1. The van der Waals surface area contributed by atoms with Gasteiger partial charge in [0.05, 0.1) is 34.0 Å². The van der Waals surface area contributed by atoms with E-state index in [1.54, 1.807) is 50.6 Å². The van der Waals surface area contributed by atoms with Crippen LogP contribution in [0.2, 0.25) is 5.02 Å². The largest absolute Gasteiger partial charge is 0.493 e. The smallest absolute Gasteiger partial charge is 0.269 e. The number of hydrogen-bond acceptors (Lipinski definition) is 9. The molecule has 4 heterocycles. The van der Waals surface area contributed by atoms with E-state index in [0.717, 1.165) is 32.9 Å². The lowest BCUT2D eigenvalue weighted by atomic mass is 10.0. The first-order chi connectivity index (χ1) is 23.8. The third-order valence-corrected chi connectivity index (χ3v) is 9.12. The summed E-state index contributed by atoms with van der Waals surface area (Å²) in [6, 6.07) is 19.8. The Bertz CT molecular complexity index is 2160. The minimum atomic E-state index is -0.572. The van der Waals surface area contributed by atoms with E-state index in [1.165, 1.54) is 46.4 Å². The van der Waals surface area contributed by atoms with Crippen molar-refractivity contribution >= 4 is 51.3 Å². The molecule has 50 heavy (non-hydrogen) atoms. The maximum Gasteiger partial charge on any atom is 0.269 e. The number of pyridine rings is 3. The molecule has 4 aromatic heterocycles. The van der Waals surface area contributed by atoms with Crippen molar-refractivity contribution in [3.63, 3.8) is 0 Å². The maximum atomic E-state index is 13.6. The van der Waals surface area contributed by atoms with Crippen LogP contribution in [0.4, 0.5) is 4.39 Å². The fourth-order valence-electron chi connectivity index (χ4n) is 5.18. The van der Waals surface area contributed by atoms with Gasteiger partial charge < -0.3 is 19.5 Å². The monoisotopic (exact) mass is 734 g/mol. The normalized spacial score (nSPS) is 11.0. The Kier molecular flexibility index (Phi) is 12.3. The Labute approximate surface area is 303 Å². The van der Waals surface area contributed by atoms with Gasteiger partial charge in [0.1, 0.15) is 28.6 Å². The zero-order valence-electron chi connectivity index (χ0n) is 27.2. The number of halogens is 3. The Morgan fingerprint density at radius 3 is 2.56 bits per heavy atom. The molecule has 2 aromatic carbocycles. The van der Waals surface area contributed by atoms with Gasteiger partial charge in [0.2, 0.25) is 0 Å². The van der Waals surface area contributed by atoms with E-state index in [-0.39, 0.29) is 36.7 Å². The van der Waals surface area contributed by atoms with Crippen LogP contribution >= 0.6 is 35.3 Å². The molecule has 0 saturated carbocycles. The summed E-state index contributed by atoms with van der Waals surface area (Å²) in [4.78, 5) is 37.2. The van der Waals surface area contributed by atoms with Gasteiger partial charge in [-0.15, -0.1) is 23.7 Å². The van der Waals surface area contributed by atoms with Crippen LogP contribution in [0.25, 0.3) is 26.5 Å². The van der Waals surface area contributed by atoms with E-state index in [0.29, 0.717) is 40.9 Å². The number of ether oxygens (including phenoxy) is 3. The van der Waals surface area contributed by atoms with Crippen LogP contribution in [-0.4, -0.2) is 47.2 Å². The van der Waals surface area contributed by atoms with Gasteiger partial charge in [-0.2, -0.15) is 0 Å². The predicted octanol–water partition coefficient (Wildman–Crippen LogP) is 8.08. The lowest BCUT2D eigenvalue weighted by Gasteiger charge is -2.13. The van der Waals surface area contributed by atoms with E-state index in [4.69, 9.17) is 25.8 Å². The molecule has 0 saturated heterocycles. The topological polar surface area (TPSA) is 105 Å². The molecule has 9 nitrogen and oxygen atoms in total. The zero-order chi connectivity index (χ0) is 34.3. The number of aromatic nitrogens is 3. The third-order valence-electron chi connectivity index (χ3n) is 7.61. The average molecular weight is 736 g/mol. The molecule has 0 unspecified atom stereocenters. The van der Waals surface area contributed by atoms with Gasteiger partial charge in [-0.05, 0) is 72.6 Å². The fraction of sp³-hybridized carbons (Fsp3) is 0.189. The van der Waals surface area contributed by atoms with Gasteiger partial charge >= 0.3 is 0 Å². The van der Waals surface area contributed by atoms with Gasteiger partial charge in [0.25, 0.3) is 5.56 Å². The molecule has 0 bridgehead atoms. The second-order valence-corrected chi connectivity index (χ2v) is 12.4. The molecule has 6 aromatic rings. The Balaban J connectivity index is 0.00000486. The van der Waals surface area contributed by atoms with Crippen LogP contribution in [-0.2, 0) is 17.7 Å². The zero-order valence-corrected chi connectivity index (χ0v) is 29.5. The SMILES string of the molecule is CCOc1ccn(-c2ccc(F)cc2)c(=O)c1C(=O)Cc1ccc(Oc2ccnc3cc(-c4ccc(CNCCOC)cn4)sc23)cc1Cl.Cl. The van der Waals surface area contributed by atoms with E-state index in [2.05, 4.69) is 15.3 Å². The number of Topliss-reactive ketones (excluding diaryl/α,β-unsaturated/α-hetero) is 1. The molecular weight excluding hydrogens is 702 g/mol. The summed E-state index contributed by atoms with van der Waals surface area (Å²) in [6.45, 7) is 4.14. The number of benzene rings is 2. The third kappa shape index (κ3) is 8.38. The second-order valence-electron chi connectivity index (χ2n) is 11.0. The molecule has 258 valence electrons. The fourth-order valence-corrected chi connectivity index (χ4v) is 6.46. The van der Waals surface area contributed by atoms with Crippen molar-refractivity contribution in [1.82, 2.24) is 19.9 Å². The number of methoxy groups -OCH3 is 1. The maximum absolute atomic E-state index is 13.6. The molecule has 6 rings (SSSR count). The molecule has 0 aliphatic heterocycles. The van der Waals surface area contributed by atoms with Crippen LogP contribution in [0.5, 0.6) is 17.2 Å². The van der Waals surface area contributed by atoms with Crippen molar-refractivity contribution in [2.24, 2.45) is 0 Å². The lowest BCUT2D eigenvalue weighted by Crippen LogP contribution is -2.27. The summed E-state index contributed by atoms with van der Waals surface area (Å²) < 4.78 is 32.6. The number of thiophene rings is 1. The summed E-state index contributed by atoms with van der Waals surface area (Å²) in [5, 5.41) is 3.62. The molecular formula is C37H33Cl2FN4O5S. The number of carbonyl (C=O) groups excluding carboxylic acids is 1. The highest BCUT2D eigenvalue weighted by Gasteiger charge is 2.22. The average Bonchev–Trinajstić information content (AvgIpc) is 3.55. The molecule has 0 fully saturated rings. The highest BCUT2D eigenvalue weighted by atomic mass is 35.5. The van der Waals surface area contributed by atoms with Gasteiger partial charge in [-0.3, -0.25) is 24.1 Å². The van der Waals surface area contributed by atoms with Crippen molar-refractivity contribution < 1.29 is 23.4 Å². The first kappa shape index (κ1) is 36.6. The summed E-state index contributed by atoms with van der Waals surface area (Å²) in [6.07, 6.45) is 4.89. The van der Waals surface area contributed by atoms with Crippen LogP contribution in [0.1, 0.15) is 28.4 Å². The Morgan fingerprint density at radius 1 is 1.02 bits per heavy atom. The molecule has 0 aliphatic carbocycles. The van der Waals surface area contributed by atoms with Gasteiger partial charge in [-0.25, -0.2) is 4.39 Å². The first-order valence-electron chi connectivity index (χ1n) is 15.5. The van der Waals surface area contributed by atoms with Crippen LogP contribution in [0.15, 0.2) is 96.2 Å². The standard InChI is InChI=1S/C37H32ClFN4O5S.ClH/c1-3-47-32-13-16-43(26-8-6-25(39)7-9-26)37(45)35(32)31(44)18-24-5-10-27(19-28(24)38)48-33-12-14-41-30-20-34(49-36(30)33)29-11-4-23(22-42-29)21-40-15-17-46-2;/h4-14,16,19-20,22,40H,3,15,17-18,21H2,1-2H3;1H. The lowest BCUT2D eigenvalue weighted by molar-refractivity contribution is 0.0987. The summed E-state index contributed by atoms with van der Waals surface area (Å²) >= 11 is 8.19. The predicted molar refractivity (Wildman–Crippen MR) is 196 cm³/mol. The minimum absolute atomic E-state index is 0. The quantitative estimate of drug-likeness (QED) is 0.0885. The summed E-state index contributed by atoms with van der Waals surface area (Å²) in [7, 11) is 1.68. The molecule has 0 radical (unpaired) electrons. The number of rotatable bonds is 14. The van der Waals surface area contributed by atoms with Crippen molar-refractivity contribution in [3.8, 4) is 33.5 Å². The molecule has 0 aliphatic rings. The number of ketones is 1. The van der Waals surface area contributed by atoms with Gasteiger partial charge in [-0.1, -0.05) is 23.7 Å². The van der Waals surface area contributed by atoms with E-state index in [1.807, 2.05) is 24.4 Å². The summed E-state index contributed by atoms with van der Waals surface area (Å²) in [5.74, 6) is 0.347. The number of carbonyl (C=O) groups is 1. The van der Waals surface area contributed by atoms with Crippen molar-refractivity contribution in [2.45, 2.75) is 19.9 Å². The molecule has 13 heteroatoms. The van der Waals surface area contributed by atoms with Crippen LogP contribution in [0.3, 0.4) is 0 Å². The summed E-state index contributed by atoms with van der Waals surface area (Å²) in [5.41, 5.74) is 2.93. The van der Waals surface area contributed by atoms with E-state index < -0.39 is 17.2 Å². The Hall–Kier alpha value is -4.65. The Morgan fingerprint density at radius 2 is 1.84 bits per heavy atom. The number of nitrogens with zero attached hydrogens (tertiary/aromatic N) is 3. The molecule has 0 atom stereocenters.